The van der Waals surface area contributed by atoms with Crippen molar-refractivity contribution in [2.75, 3.05) is 16.4 Å². The fourth-order valence-corrected chi connectivity index (χ4v) is 2.76. The first-order chi connectivity index (χ1) is 13.2. The lowest BCUT2D eigenvalue weighted by atomic mass is 10.1. The molecule has 0 spiro atoms. The van der Waals surface area contributed by atoms with Gasteiger partial charge < -0.3 is 16.4 Å². The summed E-state index contributed by atoms with van der Waals surface area (Å²) in [5, 5.41) is 7.05. The Hall–Kier alpha value is -3.93. The number of benzene rings is 2. The van der Waals surface area contributed by atoms with E-state index in [-0.39, 0.29) is 5.91 Å². The Morgan fingerprint density at radius 2 is 1.74 bits per heavy atom. The number of carbonyl (C=O) groups is 1. The van der Waals surface area contributed by atoms with E-state index in [2.05, 4.69) is 20.6 Å². The normalized spacial score (nSPS) is 10.5. The smallest absolute Gasteiger partial charge is 0.256 e. The maximum absolute atomic E-state index is 12.3. The number of nitrogens with two attached hydrogens (primary N) is 1. The number of fused-ring (bicyclic) bond motifs is 1. The standard InChI is InChI=1S/C21H17N5O/c22-15-6-9-18-17(13-15)19(10-12-23-18)25-16-7-4-14(5-8-16)21(27)26-20-3-1-2-11-24-20/h1-13H,22H2,(H,23,25)(H,24,26,27). The molecule has 0 saturated heterocycles. The van der Waals surface area contributed by atoms with Crippen LogP contribution in [0.1, 0.15) is 10.4 Å². The van der Waals surface area contributed by atoms with Crippen LogP contribution in [0.5, 0.6) is 0 Å². The van der Waals surface area contributed by atoms with Crippen molar-refractivity contribution >= 4 is 39.7 Å². The summed E-state index contributed by atoms with van der Waals surface area (Å²) < 4.78 is 0. The Labute approximate surface area is 156 Å². The number of hydrogen-bond donors (Lipinski definition) is 3. The molecule has 0 aliphatic rings. The molecule has 6 heteroatoms. The summed E-state index contributed by atoms with van der Waals surface area (Å²) in [5.41, 5.74) is 9.75. The molecule has 132 valence electrons. The van der Waals surface area contributed by atoms with E-state index in [9.17, 15) is 4.79 Å². The van der Waals surface area contributed by atoms with Crippen LogP contribution in [0.15, 0.2) is 79.1 Å². The third kappa shape index (κ3) is 3.69. The highest BCUT2D eigenvalue weighted by Gasteiger charge is 2.07. The average Bonchev–Trinajstić information content (AvgIpc) is 2.70. The second-order valence-electron chi connectivity index (χ2n) is 6.01. The molecule has 0 aliphatic carbocycles. The second-order valence-corrected chi connectivity index (χ2v) is 6.01. The lowest BCUT2D eigenvalue weighted by Crippen LogP contribution is -2.12. The van der Waals surface area contributed by atoms with Crippen LogP contribution in [0.4, 0.5) is 22.9 Å². The van der Waals surface area contributed by atoms with Crippen molar-refractivity contribution in [3.8, 4) is 0 Å². The van der Waals surface area contributed by atoms with Gasteiger partial charge in [-0.2, -0.15) is 0 Å². The third-order valence-electron chi connectivity index (χ3n) is 4.10. The maximum Gasteiger partial charge on any atom is 0.256 e. The molecular formula is C21H17N5O. The molecule has 4 rings (SSSR count). The first-order valence-corrected chi connectivity index (χ1v) is 8.43. The lowest BCUT2D eigenvalue weighted by Gasteiger charge is -2.11. The van der Waals surface area contributed by atoms with Crippen molar-refractivity contribution in [2.45, 2.75) is 0 Å². The van der Waals surface area contributed by atoms with Crippen molar-refractivity contribution in [1.82, 2.24) is 9.97 Å². The van der Waals surface area contributed by atoms with Crippen molar-refractivity contribution < 1.29 is 4.79 Å². The molecule has 1 amide bonds. The number of nitrogens with one attached hydrogen (secondary N) is 2. The van der Waals surface area contributed by atoms with Gasteiger partial charge >= 0.3 is 0 Å². The van der Waals surface area contributed by atoms with Crippen LogP contribution in [-0.2, 0) is 0 Å². The van der Waals surface area contributed by atoms with E-state index in [0.29, 0.717) is 17.1 Å². The Kier molecular flexibility index (Phi) is 4.37. The highest BCUT2D eigenvalue weighted by Crippen LogP contribution is 2.27. The quantitative estimate of drug-likeness (QED) is 0.477. The Morgan fingerprint density at radius 3 is 2.52 bits per heavy atom. The molecule has 0 bridgehead atoms. The number of carbonyl (C=O) groups excluding carboxylic acids is 1. The molecule has 0 atom stereocenters. The largest absolute Gasteiger partial charge is 0.399 e. The molecule has 6 nitrogen and oxygen atoms in total. The summed E-state index contributed by atoms with van der Waals surface area (Å²) >= 11 is 0. The van der Waals surface area contributed by atoms with Gasteiger partial charge in [0, 0.05) is 40.4 Å². The van der Waals surface area contributed by atoms with Crippen LogP contribution in [0.2, 0.25) is 0 Å². The maximum atomic E-state index is 12.3. The third-order valence-corrected chi connectivity index (χ3v) is 4.10. The van der Waals surface area contributed by atoms with Crippen LogP contribution >= 0.6 is 0 Å². The van der Waals surface area contributed by atoms with E-state index < -0.39 is 0 Å². The van der Waals surface area contributed by atoms with Gasteiger partial charge in [0.1, 0.15) is 5.82 Å². The summed E-state index contributed by atoms with van der Waals surface area (Å²) in [6.45, 7) is 0. The highest BCUT2D eigenvalue weighted by atomic mass is 16.1. The number of nitrogen functional groups attached to an aromatic ring is 1. The molecule has 0 aliphatic heterocycles. The summed E-state index contributed by atoms with van der Waals surface area (Å²) in [6, 6.07) is 20.1. The summed E-state index contributed by atoms with van der Waals surface area (Å²) in [4.78, 5) is 20.7. The predicted molar refractivity (Wildman–Crippen MR) is 108 cm³/mol. The van der Waals surface area contributed by atoms with E-state index >= 15 is 0 Å². The average molecular weight is 355 g/mol. The van der Waals surface area contributed by atoms with Crippen LogP contribution in [0.25, 0.3) is 10.9 Å². The molecule has 0 fully saturated rings. The zero-order chi connectivity index (χ0) is 18.6. The van der Waals surface area contributed by atoms with Gasteiger partial charge in [-0.3, -0.25) is 9.78 Å². The van der Waals surface area contributed by atoms with Gasteiger partial charge in [0.2, 0.25) is 0 Å². The minimum Gasteiger partial charge on any atom is -0.399 e. The Morgan fingerprint density at radius 1 is 0.889 bits per heavy atom. The van der Waals surface area contributed by atoms with Crippen molar-refractivity contribution in [1.29, 1.82) is 0 Å². The highest BCUT2D eigenvalue weighted by molar-refractivity contribution is 6.04. The second kappa shape index (κ2) is 7.13. The SMILES string of the molecule is Nc1ccc2nccc(Nc3ccc(C(=O)Nc4ccccn4)cc3)c2c1. The molecule has 0 saturated carbocycles. The molecule has 0 radical (unpaired) electrons. The van der Waals surface area contributed by atoms with Gasteiger partial charge in [0.05, 0.1) is 5.52 Å². The molecule has 4 N–H and O–H groups in total. The fourth-order valence-electron chi connectivity index (χ4n) is 2.76. The van der Waals surface area contributed by atoms with Gasteiger partial charge in [-0.05, 0) is 60.7 Å². The molecule has 4 aromatic rings. The van der Waals surface area contributed by atoms with Crippen LogP contribution in [0, 0.1) is 0 Å². The number of hydrogen-bond acceptors (Lipinski definition) is 5. The zero-order valence-corrected chi connectivity index (χ0v) is 14.4. The number of pyridine rings is 2. The first-order valence-electron chi connectivity index (χ1n) is 8.43. The predicted octanol–water partition coefficient (Wildman–Crippen LogP) is 4.21. The van der Waals surface area contributed by atoms with Gasteiger partial charge in [0.15, 0.2) is 0 Å². The van der Waals surface area contributed by atoms with Crippen molar-refractivity contribution in [3.63, 3.8) is 0 Å². The van der Waals surface area contributed by atoms with E-state index in [1.807, 2.05) is 42.5 Å². The minimum atomic E-state index is -0.206. The van der Waals surface area contributed by atoms with E-state index in [1.54, 1.807) is 36.7 Å². The number of aromatic nitrogens is 2. The van der Waals surface area contributed by atoms with E-state index in [1.165, 1.54) is 0 Å². The Bertz CT molecular complexity index is 1090. The molecule has 2 heterocycles. The van der Waals surface area contributed by atoms with Gasteiger partial charge in [0.25, 0.3) is 5.91 Å². The number of nitrogens with zero attached hydrogens (tertiary/aromatic N) is 2. The monoisotopic (exact) mass is 355 g/mol. The van der Waals surface area contributed by atoms with Crippen LogP contribution < -0.4 is 16.4 Å². The zero-order valence-electron chi connectivity index (χ0n) is 14.4. The number of rotatable bonds is 4. The molecule has 2 aromatic heterocycles. The summed E-state index contributed by atoms with van der Waals surface area (Å²) in [7, 11) is 0. The van der Waals surface area contributed by atoms with E-state index in [4.69, 9.17) is 5.73 Å². The fraction of sp³-hybridized carbons (Fsp3) is 0. The van der Waals surface area contributed by atoms with Gasteiger partial charge in [-0.1, -0.05) is 6.07 Å². The number of amides is 1. The van der Waals surface area contributed by atoms with Gasteiger partial charge in [-0.15, -0.1) is 0 Å². The van der Waals surface area contributed by atoms with E-state index in [0.717, 1.165) is 22.3 Å². The van der Waals surface area contributed by atoms with Crippen LogP contribution in [0.3, 0.4) is 0 Å². The van der Waals surface area contributed by atoms with Gasteiger partial charge in [-0.25, -0.2) is 4.98 Å². The number of anilines is 4. The summed E-state index contributed by atoms with van der Waals surface area (Å²) in [6.07, 6.45) is 3.38. The minimum absolute atomic E-state index is 0.206. The van der Waals surface area contributed by atoms with Crippen molar-refractivity contribution in [3.05, 3.63) is 84.7 Å². The molecule has 27 heavy (non-hydrogen) atoms. The summed E-state index contributed by atoms with van der Waals surface area (Å²) in [5.74, 6) is 0.313. The van der Waals surface area contributed by atoms with Crippen LogP contribution in [-0.4, -0.2) is 15.9 Å². The van der Waals surface area contributed by atoms with Crippen molar-refractivity contribution in [2.24, 2.45) is 0 Å². The molecular weight excluding hydrogens is 338 g/mol. The molecule has 0 unspecified atom stereocenters. The molecule has 2 aromatic carbocycles. The first kappa shape index (κ1) is 16.5. The lowest BCUT2D eigenvalue weighted by molar-refractivity contribution is 0.102. The topological polar surface area (TPSA) is 92.9 Å². The Balaban J connectivity index is 1.53.